The third kappa shape index (κ3) is 4.12. The normalized spacial score (nSPS) is 12.3. The Morgan fingerprint density at radius 1 is 1.14 bits per heavy atom. The Bertz CT molecular complexity index is 1790. The molecule has 2 heterocycles. The minimum absolute atomic E-state index is 0.0923. The van der Waals surface area contributed by atoms with Gasteiger partial charge in [-0.15, -0.1) is 0 Å². The van der Waals surface area contributed by atoms with Crippen molar-refractivity contribution < 1.29 is 23.1 Å². The number of carbonyl (C=O) groups is 1. The van der Waals surface area contributed by atoms with Gasteiger partial charge >= 0.3 is 5.97 Å². The van der Waals surface area contributed by atoms with Gasteiger partial charge in [0.1, 0.15) is 16.9 Å². The summed E-state index contributed by atoms with van der Waals surface area (Å²) in [5.41, 5.74) is 2.55. The Morgan fingerprint density at radius 2 is 1.89 bits per heavy atom. The first-order valence-electron chi connectivity index (χ1n) is 11.5. The molecule has 0 aliphatic carbocycles. The number of benzene rings is 3. The number of nitrogens with zero attached hydrogens (tertiary/aromatic N) is 2. The summed E-state index contributed by atoms with van der Waals surface area (Å²) in [6.07, 6.45) is 1.87. The van der Waals surface area contributed by atoms with Gasteiger partial charge in [-0.25, -0.2) is 13.6 Å². The summed E-state index contributed by atoms with van der Waals surface area (Å²) >= 11 is 0. The average molecular weight is 504 g/mol. The van der Waals surface area contributed by atoms with Gasteiger partial charge in [0.05, 0.1) is 22.6 Å². The van der Waals surface area contributed by atoms with Gasteiger partial charge in [0.2, 0.25) is 0 Å². The second kappa shape index (κ2) is 8.85. The van der Waals surface area contributed by atoms with Crippen LogP contribution >= 0.6 is 0 Å². The topological polar surface area (TPSA) is 97.4 Å². The number of aryl methyl sites for hydroxylation is 2. The van der Waals surface area contributed by atoms with E-state index in [4.69, 9.17) is 4.42 Å². The van der Waals surface area contributed by atoms with E-state index in [9.17, 15) is 23.5 Å². The molecule has 3 aromatic carbocycles. The lowest BCUT2D eigenvalue weighted by molar-refractivity contribution is 0.0691. The van der Waals surface area contributed by atoms with Crippen molar-refractivity contribution in [3.8, 4) is 11.3 Å². The van der Waals surface area contributed by atoms with E-state index in [2.05, 4.69) is 10.4 Å². The lowest BCUT2D eigenvalue weighted by Gasteiger charge is -2.20. The standard InChI is InChI=1S/C28H23F2N3O4/c1-13-9-18(15(3)31-22-8-6-20(29)24(30)23(22)28(35)36)27-19(10-13)25(34)14(2)26(37-27)16-5-7-21-17(11-16)12-33(4)32-21/h5-12,15,31H,1-4H3,(H,35,36)/t15-/m1/s1. The lowest BCUT2D eigenvalue weighted by atomic mass is 9.98. The van der Waals surface area contributed by atoms with Crippen molar-refractivity contribution in [2.45, 2.75) is 26.8 Å². The van der Waals surface area contributed by atoms with E-state index in [1.54, 1.807) is 24.6 Å². The fourth-order valence-corrected chi connectivity index (χ4v) is 4.65. The van der Waals surface area contributed by atoms with Crippen LogP contribution in [-0.2, 0) is 7.05 Å². The summed E-state index contributed by atoms with van der Waals surface area (Å²) in [4.78, 5) is 25.1. The zero-order chi connectivity index (χ0) is 26.6. The zero-order valence-electron chi connectivity index (χ0n) is 20.5. The molecular formula is C28H23F2N3O4. The van der Waals surface area contributed by atoms with E-state index >= 15 is 0 Å². The van der Waals surface area contributed by atoms with Crippen LogP contribution in [0.4, 0.5) is 14.5 Å². The number of anilines is 1. The van der Waals surface area contributed by atoms with E-state index in [-0.39, 0.29) is 11.1 Å². The van der Waals surface area contributed by atoms with Crippen LogP contribution in [-0.4, -0.2) is 20.9 Å². The molecule has 5 aromatic rings. The summed E-state index contributed by atoms with van der Waals surface area (Å²) in [7, 11) is 1.83. The molecular weight excluding hydrogens is 480 g/mol. The summed E-state index contributed by atoms with van der Waals surface area (Å²) in [5, 5.41) is 18.1. The summed E-state index contributed by atoms with van der Waals surface area (Å²) in [6.45, 7) is 5.26. The third-order valence-electron chi connectivity index (χ3n) is 6.42. The molecule has 0 bridgehead atoms. The highest BCUT2D eigenvalue weighted by atomic mass is 19.2. The predicted octanol–water partition coefficient (Wildman–Crippen LogP) is 6.11. The number of carboxylic acids is 1. The number of hydrogen-bond donors (Lipinski definition) is 2. The van der Waals surface area contributed by atoms with Crippen molar-refractivity contribution in [3.05, 3.63) is 92.8 Å². The fourth-order valence-electron chi connectivity index (χ4n) is 4.65. The smallest absolute Gasteiger partial charge is 0.340 e. The van der Waals surface area contributed by atoms with Gasteiger partial charge in [-0.2, -0.15) is 5.10 Å². The second-order valence-corrected chi connectivity index (χ2v) is 9.15. The third-order valence-corrected chi connectivity index (χ3v) is 6.42. The first-order chi connectivity index (χ1) is 17.5. The molecule has 0 saturated heterocycles. The molecule has 0 unspecified atom stereocenters. The maximum Gasteiger partial charge on any atom is 0.340 e. The minimum atomic E-state index is -1.60. The number of nitrogens with one attached hydrogen (secondary N) is 1. The van der Waals surface area contributed by atoms with Gasteiger partial charge in [0, 0.05) is 35.3 Å². The van der Waals surface area contributed by atoms with Crippen molar-refractivity contribution in [2.75, 3.05) is 5.32 Å². The first kappa shape index (κ1) is 24.2. The molecule has 0 fully saturated rings. The first-order valence-corrected chi connectivity index (χ1v) is 11.5. The van der Waals surface area contributed by atoms with Crippen molar-refractivity contribution in [1.82, 2.24) is 9.78 Å². The van der Waals surface area contributed by atoms with Gasteiger partial charge in [0.25, 0.3) is 0 Å². The van der Waals surface area contributed by atoms with E-state index in [0.717, 1.165) is 22.5 Å². The highest BCUT2D eigenvalue weighted by molar-refractivity contribution is 5.95. The van der Waals surface area contributed by atoms with Crippen LogP contribution in [0.15, 0.2) is 57.9 Å². The Hall–Kier alpha value is -4.53. The largest absolute Gasteiger partial charge is 0.478 e. The Balaban J connectivity index is 1.68. The van der Waals surface area contributed by atoms with Crippen molar-refractivity contribution in [1.29, 1.82) is 0 Å². The highest BCUT2D eigenvalue weighted by Gasteiger charge is 2.23. The molecule has 9 heteroatoms. The summed E-state index contributed by atoms with van der Waals surface area (Å²) in [6, 6.07) is 10.5. The quantitative estimate of drug-likeness (QED) is 0.300. The lowest BCUT2D eigenvalue weighted by Crippen LogP contribution is -2.15. The van der Waals surface area contributed by atoms with E-state index in [1.165, 1.54) is 6.07 Å². The maximum atomic E-state index is 14.3. The van der Waals surface area contributed by atoms with Crippen LogP contribution in [0.2, 0.25) is 0 Å². The minimum Gasteiger partial charge on any atom is -0.478 e. The molecule has 5 rings (SSSR count). The number of hydrogen-bond acceptors (Lipinski definition) is 5. The van der Waals surface area contributed by atoms with Crippen LogP contribution in [0.25, 0.3) is 33.2 Å². The van der Waals surface area contributed by atoms with Gasteiger partial charge in [-0.3, -0.25) is 9.48 Å². The van der Waals surface area contributed by atoms with Gasteiger partial charge < -0.3 is 14.8 Å². The maximum absolute atomic E-state index is 14.3. The number of carboxylic acid groups (broad SMARTS) is 1. The second-order valence-electron chi connectivity index (χ2n) is 9.15. The van der Waals surface area contributed by atoms with Crippen molar-refractivity contribution in [3.63, 3.8) is 0 Å². The summed E-state index contributed by atoms with van der Waals surface area (Å²) in [5.74, 6) is -3.90. The molecule has 1 atom stereocenters. The zero-order valence-corrected chi connectivity index (χ0v) is 20.5. The molecule has 0 aliphatic rings. The number of halogens is 2. The molecule has 2 N–H and O–H groups in total. The number of aromatic nitrogens is 2. The number of fused-ring (bicyclic) bond motifs is 2. The van der Waals surface area contributed by atoms with Gasteiger partial charge in [0.15, 0.2) is 17.1 Å². The van der Waals surface area contributed by atoms with Crippen molar-refractivity contribution >= 4 is 33.5 Å². The molecule has 0 amide bonds. The highest BCUT2D eigenvalue weighted by Crippen LogP contribution is 2.34. The van der Waals surface area contributed by atoms with Crippen LogP contribution in [0.5, 0.6) is 0 Å². The molecule has 0 saturated carbocycles. The Labute approximate surface area is 210 Å². The van der Waals surface area contributed by atoms with Crippen LogP contribution < -0.4 is 10.7 Å². The SMILES string of the molecule is Cc1cc([C@@H](C)Nc2ccc(F)c(F)c2C(=O)O)c2oc(-c3ccc4nn(C)cc4c3)c(C)c(=O)c2c1. The van der Waals surface area contributed by atoms with Crippen LogP contribution in [0, 0.1) is 25.5 Å². The van der Waals surface area contributed by atoms with Crippen LogP contribution in [0.1, 0.15) is 40.0 Å². The number of aromatic carboxylic acids is 1. The number of rotatable bonds is 5. The fraction of sp³-hybridized carbons (Fsp3) is 0.179. The predicted molar refractivity (Wildman–Crippen MR) is 137 cm³/mol. The van der Waals surface area contributed by atoms with Crippen LogP contribution in [0.3, 0.4) is 0 Å². The molecule has 0 radical (unpaired) electrons. The molecule has 2 aromatic heterocycles. The van der Waals surface area contributed by atoms with Gasteiger partial charge in [-0.05, 0) is 62.7 Å². The monoisotopic (exact) mass is 503 g/mol. The van der Waals surface area contributed by atoms with E-state index in [0.29, 0.717) is 33.4 Å². The van der Waals surface area contributed by atoms with E-state index < -0.39 is 29.2 Å². The molecule has 0 aliphatic heterocycles. The van der Waals surface area contributed by atoms with Gasteiger partial charge in [-0.1, -0.05) is 6.07 Å². The Kier molecular flexibility index (Phi) is 5.78. The molecule has 37 heavy (non-hydrogen) atoms. The summed E-state index contributed by atoms with van der Waals surface area (Å²) < 4.78 is 36.0. The molecule has 0 spiro atoms. The molecule has 188 valence electrons. The average Bonchev–Trinajstić information content (AvgIpc) is 3.22. The van der Waals surface area contributed by atoms with Crippen molar-refractivity contribution in [2.24, 2.45) is 7.05 Å². The van der Waals surface area contributed by atoms with E-state index in [1.807, 2.05) is 44.4 Å². The molecule has 7 nitrogen and oxygen atoms in total. The Morgan fingerprint density at radius 3 is 2.62 bits per heavy atom.